The van der Waals surface area contributed by atoms with Crippen molar-refractivity contribution in [2.75, 3.05) is 13.7 Å². The maximum absolute atomic E-state index is 10.2. The molecular formula is C4H6Br2O3. The molecule has 0 amide bonds. The van der Waals surface area contributed by atoms with Crippen LogP contribution in [-0.2, 0) is 9.47 Å². The molecular weight excluding hydrogens is 256 g/mol. The van der Waals surface area contributed by atoms with Gasteiger partial charge in [0.05, 0.1) is 7.11 Å². The van der Waals surface area contributed by atoms with Crippen LogP contribution in [0.25, 0.3) is 0 Å². The molecule has 0 rings (SSSR count). The summed E-state index contributed by atoms with van der Waals surface area (Å²) in [6.45, 7) is 0.257. The predicted octanol–water partition coefficient (Wildman–Crippen LogP) is 1.89. The Kier molecular flexibility index (Phi) is 5.18. The quantitative estimate of drug-likeness (QED) is 0.563. The molecule has 0 unspecified atom stereocenters. The summed E-state index contributed by atoms with van der Waals surface area (Å²) in [5, 5.41) is 0. The fourth-order valence-corrected chi connectivity index (χ4v) is 0.454. The summed E-state index contributed by atoms with van der Waals surface area (Å²) in [5.41, 5.74) is 0. The molecule has 0 saturated carbocycles. The first-order valence-electron chi connectivity index (χ1n) is 2.15. The molecule has 0 saturated heterocycles. The third-order valence-electron chi connectivity index (χ3n) is 0.494. The van der Waals surface area contributed by atoms with Gasteiger partial charge in [0.1, 0.15) is 10.3 Å². The Morgan fingerprint density at radius 1 is 1.67 bits per heavy atom. The molecule has 0 spiro atoms. The van der Waals surface area contributed by atoms with Crippen LogP contribution >= 0.6 is 31.9 Å². The highest BCUT2D eigenvalue weighted by molar-refractivity contribution is 9.24. The maximum atomic E-state index is 10.2. The topological polar surface area (TPSA) is 35.5 Å². The molecule has 9 heavy (non-hydrogen) atoms. The summed E-state index contributed by atoms with van der Waals surface area (Å²) in [5.74, 6) is 0. The Morgan fingerprint density at radius 2 is 2.22 bits per heavy atom. The average Bonchev–Trinajstić information content (AvgIpc) is 1.83. The van der Waals surface area contributed by atoms with Crippen LogP contribution in [-0.4, -0.2) is 23.6 Å². The van der Waals surface area contributed by atoms with Crippen molar-refractivity contribution in [1.29, 1.82) is 0 Å². The number of ether oxygens (including phenoxy) is 2. The van der Waals surface area contributed by atoms with Crippen molar-refractivity contribution < 1.29 is 14.3 Å². The SMILES string of the molecule is COC(=O)OCC(Br)Br. The van der Waals surface area contributed by atoms with Gasteiger partial charge in [-0.05, 0) is 0 Å². The third-order valence-corrected chi connectivity index (χ3v) is 1.02. The van der Waals surface area contributed by atoms with Gasteiger partial charge in [-0.1, -0.05) is 31.9 Å². The fourth-order valence-electron chi connectivity index (χ4n) is 0.190. The lowest BCUT2D eigenvalue weighted by molar-refractivity contribution is 0.0771. The summed E-state index contributed by atoms with van der Waals surface area (Å²) in [4.78, 5) is 10.2. The molecule has 0 aliphatic heterocycles. The van der Waals surface area contributed by atoms with Crippen molar-refractivity contribution >= 4 is 38.0 Å². The number of methoxy groups -OCH3 is 1. The second kappa shape index (κ2) is 5.05. The van der Waals surface area contributed by atoms with E-state index in [1.165, 1.54) is 7.11 Å². The molecule has 0 bridgehead atoms. The largest absolute Gasteiger partial charge is 0.508 e. The zero-order chi connectivity index (χ0) is 7.28. The van der Waals surface area contributed by atoms with E-state index >= 15 is 0 Å². The zero-order valence-electron chi connectivity index (χ0n) is 4.77. The van der Waals surface area contributed by atoms with Crippen molar-refractivity contribution in [3.05, 3.63) is 0 Å². The second-order valence-corrected chi connectivity index (χ2v) is 4.60. The van der Waals surface area contributed by atoms with Crippen LogP contribution in [0.5, 0.6) is 0 Å². The first kappa shape index (κ1) is 9.23. The number of rotatable bonds is 2. The van der Waals surface area contributed by atoms with Crippen molar-refractivity contribution in [1.82, 2.24) is 0 Å². The fraction of sp³-hybridized carbons (Fsp3) is 0.750. The van der Waals surface area contributed by atoms with Gasteiger partial charge in [-0.2, -0.15) is 0 Å². The van der Waals surface area contributed by atoms with E-state index in [-0.39, 0.29) is 10.3 Å². The number of hydrogen-bond acceptors (Lipinski definition) is 3. The smallest absolute Gasteiger partial charge is 0.438 e. The van der Waals surface area contributed by atoms with E-state index in [0.717, 1.165) is 0 Å². The van der Waals surface area contributed by atoms with E-state index in [1.807, 2.05) is 0 Å². The van der Waals surface area contributed by atoms with E-state index in [1.54, 1.807) is 0 Å². The van der Waals surface area contributed by atoms with Crippen molar-refractivity contribution in [3.63, 3.8) is 0 Å². The maximum Gasteiger partial charge on any atom is 0.508 e. The highest BCUT2D eigenvalue weighted by Gasteiger charge is 2.03. The van der Waals surface area contributed by atoms with Crippen molar-refractivity contribution in [3.8, 4) is 0 Å². The molecule has 0 aliphatic rings. The average molecular weight is 262 g/mol. The van der Waals surface area contributed by atoms with Gasteiger partial charge >= 0.3 is 6.16 Å². The second-order valence-electron chi connectivity index (χ2n) is 1.16. The number of halogens is 2. The van der Waals surface area contributed by atoms with Gasteiger partial charge in [0.2, 0.25) is 0 Å². The predicted molar refractivity (Wildman–Crippen MR) is 40.0 cm³/mol. The van der Waals surface area contributed by atoms with E-state index in [0.29, 0.717) is 0 Å². The van der Waals surface area contributed by atoms with Crippen LogP contribution in [0.1, 0.15) is 0 Å². The third kappa shape index (κ3) is 6.11. The van der Waals surface area contributed by atoms with Crippen LogP contribution in [0, 0.1) is 0 Å². The van der Waals surface area contributed by atoms with Gasteiger partial charge < -0.3 is 9.47 Å². The molecule has 0 aromatic rings. The Balaban J connectivity index is 3.17. The molecule has 0 fully saturated rings. The molecule has 0 aromatic carbocycles. The summed E-state index contributed by atoms with van der Waals surface area (Å²) in [6, 6.07) is 0. The summed E-state index contributed by atoms with van der Waals surface area (Å²) < 4.78 is 8.69. The first-order chi connectivity index (χ1) is 4.16. The summed E-state index contributed by atoms with van der Waals surface area (Å²) in [7, 11) is 1.26. The molecule has 5 heteroatoms. The summed E-state index contributed by atoms with van der Waals surface area (Å²) in [6.07, 6.45) is -0.668. The van der Waals surface area contributed by atoms with Gasteiger partial charge in [0, 0.05) is 0 Å². The lowest BCUT2D eigenvalue weighted by Gasteiger charge is -2.01. The molecule has 0 radical (unpaired) electrons. The number of carbonyl (C=O) groups is 1. The monoisotopic (exact) mass is 260 g/mol. The van der Waals surface area contributed by atoms with Crippen LogP contribution in [0.4, 0.5) is 4.79 Å². The summed E-state index contributed by atoms with van der Waals surface area (Å²) >= 11 is 6.23. The zero-order valence-corrected chi connectivity index (χ0v) is 7.94. The minimum Gasteiger partial charge on any atom is -0.438 e. The Labute approximate surface area is 70.0 Å². The highest BCUT2D eigenvalue weighted by atomic mass is 79.9. The highest BCUT2D eigenvalue weighted by Crippen LogP contribution is 2.07. The van der Waals surface area contributed by atoms with Crippen LogP contribution in [0.2, 0.25) is 0 Å². The van der Waals surface area contributed by atoms with E-state index < -0.39 is 6.16 Å². The van der Waals surface area contributed by atoms with E-state index in [2.05, 4.69) is 41.3 Å². The van der Waals surface area contributed by atoms with Crippen LogP contribution in [0.3, 0.4) is 0 Å². The molecule has 0 atom stereocenters. The van der Waals surface area contributed by atoms with Gasteiger partial charge in [-0.15, -0.1) is 0 Å². The minimum atomic E-state index is -0.668. The van der Waals surface area contributed by atoms with Crippen molar-refractivity contribution in [2.24, 2.45) is 0 Å². The standard InChI is InChI=1S/C4H6Br2O3/c1-8-4(7)9-2-3(5)6/h3H,2H2,1H3. The number of carbonyl (C=O) groups excluding carboxylic acids is 1. The van der Waals surface area contributed by atoms with Gasteiger partial charge in [-0.3, -0.25) is 0 Å². The van der Waals surface area contributed by atoms with Gasteiger partial charge in [0.25, 0.3) is 0 Å². The normalized spacial score (nSPS) is 9.33. The van der Waals surface area contributed by atoms with Crippen LogP contribution < -0.4 is 0 Å². The Morgan fingerprint density at radius 3 is 2.56 bits per heavy atom. The van der Waals surface area contributed by atoms with Crippen LogP contribution in [0.15, 0.2) is 0 Å². The van der Waals surface area contributed by atoms with E-state index in [9.17, 15) is 4.79 Å². The molecule has 54 valence electrons. The van der Waals surface area contributed by atoms with Crippen molar-refractivity contribution in [2.45, 2.75) is 3.74 Å². The minimum absolute atomic E-state index is 0.0101. The number of hydrogen-bond donors (Lipinski definition) is 0. The Bertz CT molecular complexity index is 93.8. The lowest BCUT2D eigenvalue weighted by atomic mass is 10.9. The molecule has 0 heterocycles. The molecule has 0 aromatic heterocycles. The molecule has 0 aliphatic carbocycles. The first-order valence-corrected chi connectivity index (χ1v) is 3.99. The lowest BCUT2D eigenvalue weighted by Crippen LogP contribution is -2.08. The van der Waals surface area contributed by atoms with Gasteiger partial charge in [-0.25, -0.2) is 4.79 Å². The van der Waals surface area contributed by atoms with E-state index in [4.69, 9.17) is 0 Å². The number of alkyl halides is 2. The van der Waals surface area contributed by atoms with Gasteiger partial charge in [0.15, 0.2) is 0 Å². The molecule has 3 nitrogen and oxygen atoms in total. The molecule has 0 N–H and O–H groups in total. The Hall–Kier alpha value is 0.230.